The Morgan fingerprint density at radius 2 is 2.17 bits per heavy atom. The van der Waals surface area contributed by atoms with Gasteiger partial charge in [0, 0.05) is 0 Å². The molecule has 2 heterocycles. The lowest BCUT2D eigenvalue weighted by Crippen LogP contribution is -2.22. The number of Topliss-reactive ketones (excluding diaryl/α,β-unsaturated/α-hetero) is 2. The predicted molar refractivity (Wildman–Crippen MR) is 80.0 cm³/mol. The average Bonchev–Trinajstić information content (AvgIpc) is 2.99. The average molecular weight is 360 g/mol. The van der Waals surface area contributed by atoms with Crippen LogP contribution in [0.2, 0.25) is 0 Å². The van der Waals surface area contributed by atoms with Gasteiger partial charge in [0.05, 0.1) is 19.1 Å². The molecule has 132 valence electrons. The minimum Gasteiger partial charge on any atom is -0.383 e. The van der Waals surface area contributed by atoms with Gasteiger partial charge >= 0.3 is 7.60 Å². The van der Waals surface area contributed by atoms with E-state index in [2.05, 4.69) is 9.51 Å². The second kappa shape index (κ2) is 6.81. The third kappa shape index (κ3) is 3.54. The summed E-state index contributed by atoms with van der Waals surface area (Å²) < 4.78 is 22.7. The number of ether oxygens (including phenoxy) is 1. The van der Waals surface area contributed by atoms with E-state index in [9.17, 15) is 23.8 Å². The summed E-state index contributed by atoms with van der Waals surface area (Å²) in [6, 6.07) is 0. The molecule has 1 amide bonds. The number of hydrogen-bond donors (Lipinski definition) is 3. The molecule has 1 fully saturated rings. The molecule has 1 aliphatic heterocycles. The fourth-order valence-electron chi connectivity index (χ4n) is 2.24. The summed E-state index contributed by atoms with van der Waals surface area (Å²) in [7, 11) is -3.85. The third-order valence-electron chi connectivity index (χ3n) is 3.38. The molecule has 0 bridgehead atoms. The molecule has 3 atom stereocenters. The van der Waals surface area contributed by atoms with Crippen LogP contribution in [0.3, 0.4) is 0 Å². The lowest BCUT2D eigenvalue weighted by atomic mass is 10.1. The first-order valence-electron chi connectivity index (χ1n) is 7.00. The van der Waals surface area contributed by atoms with Crippen molar-refractivity contribution in [3.8, 4) is 0 Å². The Morgan fingerprint density at radius 3 is 2.71 bits per heavy atom. The summed E-state index contributed by atoms with van der Waals surface area (Å²) in [5.41, 5.74) is 10.5. The van der Waals surface area contributed by atoms with E-state index in [0.717, 1.165) is 10.9 Å². The highest BCUT2D eigenvalue weighted by Gasteiger charge is 2.44. The summed E-state index contributed by atoms with van der Waals surface area (Å²) in [4.78, 5) is 48.3. The number of nitrogens with two attached hydrogens (primary N) is 2. The Hall–Kier alpha value is -2.07. The molecule has 1 aromatic rings. The van der Waals surface area contributed by atoms with Crippen LogP contribution in [-0.2, 0) is 23.4 Å². The van der Waals surface area contributed by atoms with Crippen molar-refractivity contribution < 1.29 is 33.1 Å². The predicted octanol–water partition coefficient (Wildman–Crippen LogP) is -0.788. The van der Waals surface area contributed by atoms with Gasteiger partial charge in [-0.1, -0.05) is 0 Å². The van der Waals surface area contributed by atoms with E-state index in [1.165, 1.54) is 0 Å². The number of carbonyl (C=O) groups excluding carboxylic acids is 3. The van der Waals surface area contributed by atoms with Crippen molar-refractivity contribution >= 4 is 30.9 Å². The number of anilines is 1. The number of aromatic nitrogens is 2. The quantitative estimate of drug-likeness (QED) is 0.415. The first-order valence-corrected chi connectivity index (χ1v) is 8.76. The fourth-order valence-corrected chi connectivity index (χ4v) is 3.34. The van der Waals surface area contributed by atoms with Crippen molar-refractivity contribution in [3.63, 3.8) is 0 Å². The first-order chi connectivity index (χ1) is 11.2. The van der Waals surface area contributed by atoms with Gasteiger partial charge in [-0.05, 0) is 13.3 Å². The first kappa shape index (κ1) is 18.3. The van der Waals surface area contributed by atoms with Gasteiger partial charge < -0.3 is 25.6 Å². The normalized spacial score (nSPS) is 23.4. The van der Waals surface area contributed by atoms with Gasteiger partial charge in [-0.15, -0.1) is 0 Å². The molecular weight excluding hydrogens is 343 g/mol. The van der Waals surface area contributed by atoms with Gasteiger partial charge in [0.2, 0.25) is 12.0 Å². The number of ketones is 2. The number of nitrogens with zero attached hydrogens (tertiary/aromatic N) is 2. The lowest BCUT2D eigenvalue weighted by Gasteiger charge is -2.15. The Labute approximate surface area is 136 Å². The summed E-state index contributed by atoms with van der Waals surface area (Å²) in [5, 5.41) is 0. The molecule has 0 spiro atoms. The smallest absolute Gasteiger partial charge is 0.328 e. The van der Waals surface area contributed by atoms with Crippen molar-refractivity contribution in [2.24, 2.45) is 5.73 Å². The van der Waals surface area contributed by atoms with Crippen LogP contribution in [0.15, 0.2) is 6.33 Å². The Kier molecular flexibility index (Phi) is 5.19. The molecule has 0 aliphatic carbocycles. The summed E-state index contributed by atoms with van der Waals surface area (Å²) in [5.74, 6) is -2.86. The highest BCUT2D eigenvalue weighted by atomic mass is 31.2. The van der Waals surface area contributed by atoms with Gasteiger partial charge in [-0.3, -0.25) is 23.5 Å². The molecule has 2 rings (SSSR count). The van der Waals surface area contributed by atoms with E-state index >= 15 is 0 Å². The number of primary amides is 1. The van der Waals surface area contributed by atoms with Crippen molar-refractivity contribution in [3.05, 3.63) is 12.0 Å². The lowest BCUT2D eigenvalue weighted by molar-refractivity contribution is -0.136. The number of nitrogen functional groups attached to an aromatic ring is 1. The Morgan fingerprint density at radius 1 is 1.50 bits per heavy atom. The van der Waals surface area contributed by atoms with E-state index in [4.69, 9.17) is 16.2 Å². The topological polar surface area (TPSA) is 177 Å². The fraction of sp³-hybridized carbons (Fsp3) is 0.500. The summed E-state index contributed by atoms with van der Waals surface area (Å²) in [6.45, 7) is 1.59. The monoisotopic (exact) mass is 360 g/mol. The second-order valence-corrected chi connectivity index (χ2v) is 7.00. The molecule has 1 saturated heterocycles. The van der Waals surface area contributed by atoms with Crippen LogP contribution in [0.5, 0.6) is 0 Å². The largest absolute Gasteiger partial charge is 0.383 e. The minimum atomic E-state index is -3.85. The van der Waals surface area contributed by atoms with Gasteiger partial charge in [-0.2, -0.15) is 0 Å². The Bertz CT molecular complexity index is 731. The second-order valence-electron chi connectivity index (χ2n) is 5.02. The van der Waals surface area contributed by atoms with E-state index in [1.54, 1.807) is 6.92 Å². The summed E-state index contributed by atoms with van der Waals surface area (Å²) >= 11 is 0. The minimum absolute atomic E-state index is 0.0380. The standard InChI is InChI=1S/C12H17N4O7P/c1-2-22-24(20,21)4-3-6-8(17)9(18)12(23-6)16-5-15-7(10(16)13)11(14)19/h5-6,12H,2-4,13H2,1H3,(H2,14,19)(H,20,21)/t6-,12-/m1/s1. The Balaban J connectivity index is 2.13. The summed E-state index contributed by atoms with van der Waals surface area (Å²) in [6.07, 6.45) is -2.06. The van der Waals surface area contributed by atoms with Crippen molar-refractivity contribution in [2.45, 2.75) is 25.7 Å². The maximum absolute atomic E-state index is 12.0. The van der Waals surface area contributed by atoms with Crippen LogP contribution in [0.4, 0.5) is 5.82 Å². The van der Waals surface area contributed by atoms with E-state index in [1.807, 2.05) is 0 Å². The molecule has 5 N–H and O–H groups in total. The van der Waals surface area contributed by atoms with Gasteiger partial charge in [0.1, 0.15) is 11.9 Å². The van der Waals surface area contributed by atoms with Crippen molar-refractivity contribution in [2.75, 3.05) is 18.5 Å². The maximum atomic E-state index is 12.0. The molecule has 0 radical (unpaired) electrons. The molecule has 24 heavy (non-hydrogen) atoms. The van der Waals surface area contributed by atoms with Crippen LogP contribution in [0, 0.1) is 0 Å². The van der Waals surface area contributed by atoms with Crippen molar-refractivity contribution in [1.82, 2.24) is 9.55 Å². The molecule has 1 aliphatic rings. The molecule has 0 aromatic carbocycles. The number of hydrogen-bond acceptors (Lipinski definition) is 8. The SMILES string of the molecule is CCOP(=O)(O)CC[C@H]1O[C@@H](n2cnc(C(N)=O)c2N)C(=O)C1=O. The maximum Gasteiger partial charge on any atom is 0.328 e. The molecule has 11 nitrogen and oxygen atoms in total. The molecule has 0 saturated carbocycles. The highest BCUT2D eigenvalue weighted by molar-refractivity contribution is 7.52. The van der Waals surface area contributed by atoms with Crippen molar-refractivity contribution in [1.29, 1.82) is 0 Å². The number of imidazole rings is 1. The molecule has 12 heteroatoms. The molecular formula is C12H17N4O7P. The number of rotatable bonds is 7. The van der Waals surface area contributed by atoms with Gasteiger partial charge in [-0.25, -0.2) is 4.98 Å². The van der Waals surface area contributed by atoms with Gasteiger partial charge in [0.15, 0.2) is 5.69 Å². The van der Waals surface area contributed by atoms with E-state index in [0.29, 0.717) is 0 Å². The van der Waals surface area contributed by atoms with Crippen LogP contribution in [0.1, 0.15) is 30.1 Å². The van der Waals surface area contributed by atoms with E-state index < -0.39 is 37.4 Å². The van der Waals surface area contributed by atoms with Crippen LogP contribution < -0.4 is 11.5 Å². The zero-order valence-corrected chi connectivity index (χ0v) is 13.6. The van der Waals surface area contributed by atoms with Crippen LogP contribution in [-0.4, -0.2) is 50.8 Å². The van der Waals surface area contributed by atoms with Crippen LogP contribution >= 0.6 is 7.60 Å². The molecule has 1 unspecified atom stereocenters. The zero-order valence-electron chi connectivity index (χ0n) is 12.7. The van der Waals surface area contributed by atoms with Gasteiger partial charge in [0.25, 0.3) is 11.7 Å². The van der Waals surface area contributed by atoms with E-state index in [-0.39, 0.29) is 30.7 Å². The number of amides is 1. The number of carbonyl (C=O) groups is 3. The third-order valence-corrected chi connectivity index (χ3v) is 4.86. The molecule has 1 aromatic heterocycles. The van der Waals surface area contributed by atoms with Crippen LogP contribution in [0.25, 0.3) is 0 Å². The zero-order chi connectivity index (χ0) is 18.1. The highest BCUT2D eigenvalue weighted by Crippen LogP contribution is 2.43.